The number of benzene rings is 12. The van der Waals surface area contributed by atoms with E-state index in [1.807, 2.05) is 11.3 Å². The van der Waals surface area contributed by atoms with Crippen LogP contribution in [0.3, 0.4) is 0 Å². The number of rotatable bonds is 4. The molecule has 0 aliphatic heterocycles. The van der Waals surface area contributed by atoms with Crippen LogP contribution >= 0.6 is 11.3 Å². The van der Waals surface area contributed by atoms with Crippen LogP contribution in [0, 0.1) is 6.92 Å². The van der Waals surface area contributed by atoms with Gasteiger partial charge in [0.1, 0.15) is 5.69 Å². The van der Waals surface area contributed by atoms with Gasteiger partial charge in [-0.1, -0.05) is 158 Å². The highest BCUT2D eigenvalue weighted by atomic mass is 32.1. The second kappa shape index (κ2) is 14.9. The Labute approximate surface area is 416 Å². The lowest BCUT2D eigenvalue weighted by Gasteiger charge is -2.16. The number of para-hydroxylation sites is 2. The van der Waals surface area contributed by atoms with Gasteiger partial charge in [0.15, 0.2) is 5.82 Å². The molecule has 5 heteroatoms. The lowest BCUT2D eigenvalue weighted by Crippen LogP contribution is -2.04. The first-order valence-corrected chi connectivity index (χ1v) is 25.5. The normalized spacial score (nSPS) is 12.2. The SMILES string of the molecule is Cc1ccc2nc(-c3ccc4ccc5ccccc5c4c3)c(-n3c4ccc(-c5ccc6c(c5)c5ccccc5n6-c5ccccc5)cc4c4c5ccccc5c5c(sc6ccc7ccccc7c65)c43)nc2c1. The minimum Gasteiger partial charge on any atom is -0.309 e. The Kier molecular flexibility index (Phi) is 8.22. The molecule has 0 aliphatic carbocycles. The number of thiophene rings is 1. The maximum absolute atomic E-state index is 5.76. The lowest BCUT2D eigenvalue weighted by atomic mass is 9.95. The van der Waals surface area contributed by atoms with E-state index in [0.717, 1.165) is 56.0 Å². The van der Waals surface area contributed by atoms with Crippen molar-refractivity contribution in [2.75, 3.05) is 0 Å². The standard InChI is InChI=1S/C67H40N4S/c1-39-23-31-55-56(35-39)69-67(64(68-55)45-27-26-42-25-24-40-13-5-7-17-47(40)52(42)38-45)71-59-33-29-44(43-28-32-58-53(36-43)49-19-11-12-22-57(49)70(58)46-15-3-2-4-16-46)37-54(59)61-50-20-9-10-21-51(50)63-62-48-18-8-6-14-41(48)30-34-60(62)72-66(63)65(61)71/h2-38H,1H3. The Morgan fingerprint density at radius 2 is 0.944 bits per heavy atom. The van der Waals surface area contributed by atoms with Crippen LogP contribution in [0.1, 0.15) is 5.56 Å². The fourth-order valence-corrected chi connectivity index (χ4v) is 13.3. The maximum Gasteiger partial charge on any atom is 0.165 e. The zero-order valence-corrected chi connectivity index (χ0v) is 39.9. The number of hydrogen-bond donors (Lipinski definition) is 0. The average molecular weight is 933 g/mol. The quantitative estimate of drug-likeness (QED) is 0.165. The highest BCUT2D eigenvalue weighted by Gasteiger charge is 2.26. The van der Waals surface area contributed by atoms with Crippen molar-refractivity contribution in [1.29, 1.82) is 0 Å². The molecule has 334 valence electrons. The first-order chi connectivity index (χ1) is 35.6. The number of fused-ring (bicyclic) bond motifs is 19. The van der Waals surface area contributed by atoms with Crippen LogP contribution in [0.5, 0.6) is 0 Å². The molecule has 0 bridgehead atoms. The van der Waals surface area contributed by atoms with Crippen LogP contribution in [-0.4, -0.2) is 19.1 Å². The summed E-state index contributed by atoms with van der Waals surface area (Å²) < 4.78 is 7.36. The van der Waals surface area contributed by atoms with Gasteiger partial charge in [-0.3, -0.25) is 4.57 Å². The third-order valence-electron chi connectivity index (χ3n) is 15.3. The number of hydrogen-bond acceptors (Lipinski definition) is 3. The van der Waals surface area contributed by atoms with Gasteiger partial charge in [0, 0.05) is 48.3 Å². The predicted molar refractivity (Wildman–Crippen MR) is 307 cm³/mol. The molecule has 0 saturated carbocycles. The zero-order valence-electron chi connectivity index (χ0n) is 39.1. The summed E-state index contributed by atoms with van der Waals surface area (Å²) in [6, 6.07) is 82.5. The van der Waals surface area contributed by atoms with Crippen LogP contribution in [0.15, 0.2) is 224 Å². The van der Waals surface area contributed by atoms with Crippen LogP contribution in [0.4, 0.5) is 0 Å². The summed E-state index contributed by atoms with van der Waals surface area (Å²) in [5.41, 5.74) is 12.9. The van der Waals surface area contributed by atoms with Crippen LogP contribution in [0.2, 0.25) is 0 Å². The summed E-state index contributed by atoms with van der Waals surface area (Å²) in [5.74, 6) is 0.814. The van der Waals surface area contributed by atoms with Crippen molar-refractivity contribution in [3.05, 3.63) is 230 Å². The first kappa shape index (κ1) is 39.7. The van der Waals surface area contributed by atoms with E-state index in [2.05, 4.69) is 241 Å². The van der Waals surface area contributed by atoms with E-state index >= 15 is 0 Å². The van der Waals surface area contributed by atoms with E-state index in [0.29, 0.717) is 0 Å². The van der Waals surface area contributed by atoms with Crippen LogP contribution in [-0.2, 0) is 0 Å². The molecule has 0 unspecified atom stereocenters. The molecule has 0 atom stereocenters. The summed E-state index contributed by atoms with van der Waals surface area (Å²) in [6.07, 6.45) is 0. The van der Waals surface area contributed by atoms with Gasteiger partial charge in [-0.2, -0.15) is 0 Å². The minimum absolute atomic E-state index is 0.814. The van der Waals surface area contributed by atoms with Gasteiger partial charge in [-0.25, -0.2) is 9.97 Å². The molecule has 4 nitrogen and oxygen atoms in total. The van der Waals surface area contributed by atoms with E-state index in [1.165, 1.54) is 101 Å². The van der Waals surface area contributed by atoms with Crippen molar-refractivity contribution >= 4 is 129 Å². The van der Waals surface area contributed by atoms with Gasteiger partial charge in [0.05, 0.1) is 37.8 Å². The van der Waals surface area contributed by atoms with Crippen molar-refractivity contribution in [2.24, 2.45) is 0 Å². The Hall–Kier alpha value is -9.16. The molecule has 12 aromatic carbocycles. The molecule has 0 N–H and O–H groups in total. The van der Waals surface area contributed by atoms with Crippen molar-refractivity contribution in [1.82, 2.24) is 19.1 Å². The molecule has 4 heterocycles. The molecular formula is C67H40N4S. The van der Waals surface area contributed by atoms with E-state index in [4.69, 9.17) is 9.97 Å². The zero-order chi connectivity index (χ0) is 47.2. The van der Waals surface area contributed by atoms with Crippen LogP contribution in [0.25, 0.3) is 152 Å². The van der Waals surface area contributed by atoms with Gasteiger partial charge in [-0.15, -0.1) is 11.3 Å². The molecule has 0 aliphatic rings. The molecule has 0 radical (unpaired) electrons. The van der Waals surface area contributed by atoms with Gasteiger partial charge in [-0.05, 0) is 133 Å². The highest BCUT2D eigenvalue weighted by Crippen LogP contribution is 2.51. The third-order valence-corrected chi connectivity index (χ3v) is 16.4. The van der Waals surface area contributed by atoms with E-state index in [9.17, 15) is 0 Å². The fraction of sp³-hybridized carbons (Fsp3) is 0.0149. The molecular weight excluding hydrogens is 893 g/mol. The number of aryl methyl sites for hydroxylation is 1. The number of aromatic nitrogens is 4. The van der Waals surface area contributed by atoms with Crippen molar-refractivity contribution in [2.45, 2.75) is 6.92 Å². The fourth-order valence-electron chi connectivity index (χ4n) is 12.1. The van der Waals surface area contributed by atoms with E-state index in [-0.39, 0.29) is 0 Å². The predicted octanol–water partition coefficient (Wildman–Crippen LogP) is 18.4. The number of nitrogens with zero attached hydrogens (tertiary/aromatic N) is 4. The van der Waals surface area contributed by atoms with Crippen LogP contribution < -0.4 is 0 Å². The molecule has 4 aromatic heterocycles. The Bertz CT molecular complexity index is 5000. The van der Waals surface area contributed by atoms with Crippen molar-refractivity contribution in [3.63, 3.8) is 0 Å². The van der Waals surface area contributed by atoms with Gasteiger partial charge < -0.3 is 4.57 Å². The van der Waals surface area contributed by atoms with Gasteiger partial charge in [0.25, 0.3) is 0 Å². The topological polar surface area (TPSA) is 35.6 Å². The lowest BCUT2D eigenvalue weighted by molar-refractivity contribution is 1.08. The van der Waals surface area contributed by atoms with E-state index in [1.54, 1.807) is 0 Å². The Morgan fingerprint density at radius 3 is 1.75 bits per heavy atom. The summed E-state index contributed by atoms with van der Waals surface area (Å²) in [6.45, 7) is 2.14. The largest absolute Gasteiger partial charge is 0.309 e. The maximum atomic E-state index is 5.76. The molecule has 72 heavy (non-hydrogen) atoms. The summed E-state index contributed by atoms with van der Waals surface area (Å²) in [7, 11) is 0. The minimum atomic E-state index is 0.814. The monoisotopic (exact) mass is 932 g/mol. The summed E-state index contributed by atoms with van der Waals surface area (Å²) in [4.78, 5) is 11.4. The molecule has 0 saturated heterocycles. The average Bonchev–Trinajstić information content (AvgIpc) is 4.11. The molecule has 0 spiro atoms. The van der Waals surface area contributed by atoms with Crippen molar-refractivity contribution < 1.29 is 0 Å². The Morgan fingerprint density at radius 1 is 0.361 bits per heavy atom. The highest BCUT2D eigenvalue weighted by molar-refractivity contribution is 7.27. The summed E-state index contributed by atoms with van der Waals surface area (Å²) in [5, 5.41) is 17.3. The molecule has 16 aromatic rings. The van der Waals surface area contributed by atoms with E-state index < -0.39 is 0 Å². The van der Waals surface area contributed by atoms with Gasteiger partial charge >= 0.3 is 0 Å². The third kappa shape index (κ3) is 5.62. The molecule has 16 rings (SSSR count). The van der Waals surface area contributed by atoms with Crippen molar-refractivity contribution in [3.8, 4) is 33.9 Å². The van der Waals surface area contributed by atoms with Gasteiger partial charge in [0.2, 0.25) is 0 Å². The smallest absolute Gasteiger partial charge is 0.165 e. The molecule has 0 fully saturated rings. The second-order valence-electron chi connectivity index (χ2n) is 19.3. The Balaban J connectivity index is 1.05. The first-order valence-electron chi connectivity index (χ1n) is 24.6. The second-order valence-corrected chi connectivity index (χ2v) is 20.4. The summed E-state index contributed by atoms with van der Waals surface area (Å²) >= 11 is 1.89. The molecule has 0 amide bonds.